The summed E-state index contributed by atoms with van der Waals surface area (Å²) >= 11 is 11.9. The van der Waals surface area contributed by atoms with Gasteiger partial charge in [0.1, 0.15) is 0 Å². The van der Waals surface area contributed by atoms with Crippen LogP contribution in [0.15, 0.2) is 47.4 Å². The topological polar surface area (TPSA) is 92.8 Å². The fraction of sp³-hybridized carbons (Fsp3) is 0.364. The number of sulfonamides is 1. The van der Waals surface area contributed by atoms with Crippen molar-refractivity contribution >= 4 is 50.8 Å². The van der Waals surface area contributed by atoms with Gasteiger partial charge in [0.15, 0.2) is 6.10 Å². The molecule has 3 rings (SSSR count). The first-order chi connectivity index (χ1) is 15.2. The molecule has 1 fully saturated rings. The number of halogens is 2. The number of amides is 1. The normalized spacial score (nSPS) is 16.1. The molecular formula is C22H24Cl2N2O5S. The molecule has 32 heavy (non-hydrogen) atoms. The Balaban J connectivity index is 1.69. The Kier molecular flexibility index (Phi) is 8.16. The average molecular weight is 499 g/mol. The molecule has 2 aromatic carbocycles. The van der Waals surface area contributed by atoms with Crippen LogP contribution in [0.1, 0.15) is 43.0 Å². The van der Waals surface area contributed by atoms with Gasteiger partial charge in [-0.15, -0.1) is 0 Å². The molecule has 0 radical (unpaired) electrons. The minimum atomic E-state index is -3.71. The number of esters is 1. The Morgan fingerprint density at radius 3 is 2.38 bits per heavy atom. The quantitative estimate of drug-likeness (QED) is 0.580. The molecule has 2 aromatic rings. The second-order valence-electron chi connectivity index (χ2n) is 7.51. The summed E-state index contributed by atoms with van der Waals surface area (Å²) < 4.78 is 32.7. The third-order valence-electron chi connectivity index (χ3n) is 5.11. The first kappa shape index (κ1) is 24.5. The van der Waals surface area contributed by atoms with E-state index in [1.807, 2.05) is 0 Å². The molecule has 1 N–H and O–H groups in total. The maximum absolute atomic E-state index is 13.0. The Hall–Kier alpha value is -2.13. The van der Waals surface area contributed by atoms with Crippen molar-refractivity contribution < 1.29 is 22.7 Å². The van der Waals surface area contributed by atoms with Crippen molar-refractivity contribution in [3.63, 3.8) is 0 Å². The highest BCUT2D eigenvalue weighted by Gasteiger charge is 2.27. The van der Waals surface area contributed by atoms with Crippen molar-refractivity contribution in [2.45, 2.75) is 43.6 Å². The predicted molar refractivity (Wildman–Crippen MR) is 124 cm³/mol. The Bertz CT molecular complexity index is 1100. The second-order valence-corrected chi connectivity index (χ2v) is 10.3. The number of anilines is 1. The van der Waals surface area contributed by atoms with Crippen molar-refractivity contribution in [3.8, 4) is 0 Å². The van der Waals surface area contributed by atoms with E-state index in [1.165, 1.54) is 47.6 Å². The molecule has 1 aliphatic rings. The number of nitrogens with one attached hydrogen (secondary N) is 1. The molecule has 10 heteroatoms. The summed E-state index contributed by atoms with van der Waals surface area (Å²) in [5.74, 6) is -1.39. The van der Waals surface area contributed by atoms with E-state index in [1.54, 1.807) is 6.07 Å². The number of nitrogens with zero attached hydrogens (tertiary/aromatic N) is 1. The lowest BCUT2D eigenvalue weighted by molar-refractivity contribution is -0.123. The van der Waals surface area contributed by atoms with E-state index in [0.717, 1.165) is 25.7 Å². The largest absolute Gasteiger partial charge is 0.449 e. The van der Waals surface area contributed by atoms with Crippen LogP contribution in [0, 0.1) is 0 Å². The number of benzene rings is 2. The number of hydrogen-bond donors (Lipinski definition) is 1. The van der Waals surface area contributed by atoms with E-state index in [-0.39, 0.29) is 15.5 Å². The molecule has 1 saturated heterocycles. The summed E-state index contributed by atoms with van der Waals surface area (Å²) in [6.07, 6.45) is 2.48. The summed E-state index contributed by atoms with van der Waals surface area (Å²) in [5.41, 5.74) is 0.375. The first-order valence-corrected chi connectivity index (χ1v) is 12.4. The van der Waals surface area contributed by atoms with Crippen molar-refractivity contribution in [1.82, 2.24) is 4.31 Å². The Morgan fingerprint density at radius 1 is 1.03 bits per heavy atom. The van der Waals surface area contributed by atoms with Crippen LogP contribution in [0.3, 0.4) is 0 Å². The van der Waals surface area contributed by atoms with Gasteiger partial charge in [0.2, 0.25) is 10.0 Å². The van der Waals surface area contributed by atoms with Crippen LogP contribution in [0.5, 0.6) is 0 Å². The van der Waals surface area contributed by atoms with Gasteiger partial charge >= 0.3 is 5.97 Å². The number of carbonyl (C=O) groups is 2. The third-order valence-corrected chi connectivity index (χ3v) is 7.56. The molecule has 1 atom stereocenters. The van der Waals surface area contributed by atoms with E-state index >= 15 is 0 Å². The van der Waals surface area contributed by atoms with Crippen molar-refractivity contribution in [2.75, 3.05) is 18.4 Å². The monoisotopic (exact) mass is 498 g/mol. The highest BCUT2D eigenvalue weighted by atomic mass is 35.5. The van der Waals surface area contributed by atoms with Gasteiger partial charge in [-0.1, -0.05) is 42.1 Å². The number of ether oxygens (including phenoxy) is 1. The van der Waals surface area contributed by atoms with Crippen molar-refractivity contribution in [3.05, 3.63) is 58.1 Å². The lowest BCUT2D eigenvalue weighted by atomic mass is 10.2. The maximum atomic E-state index is 13.0. The van der Waals surface area contributed by atoms with Gasteiger partial charge in [-0.25, -0.2) is 13.2 Å². The smallest absolute Gasteiger partial charge is 0.338 e. The highest BCUT2D eigenvalue weighted by molar-refractivity contribution is 7.89. The number of rotatable bonds is 6. The zero-order chi connectivity index (χ0) is 23.3. The fourth-order valence-electron chi connectivity index (χ4n) is 3.32. The van der Waals surface area contributed by atoms with E-state index in [4.69, 9.17) is 27.9 Å². The summed E-state index contributed by atoms with van der Waals surface area (Å²) in [4.78, 5) is 25.0. The molecule has 0 aromatic heterocycles. The SMILES string of the molecule is CC(OC(=O)c1cccc(S(=O)(=O)N2CCCCCC2)c1)C(=O)Nc1ccc(Cl)cc1Cl. The fourth-order valence-corrected chi connectivity index (χ4v) is 5.34. The van der Waals surface area contributed by atoms with Crippen molar-refractivity contribution in [2.24, 2.45) is 0 Å². The van der Waals surface area contributed by atoms with Gasteiger partial charge in [-0.2, -0.15) is 4.31 Å². The van der Waals surface area contributed by atoms with Gasteiger partial charge < -0.3 is 10.1 Å². The predicted octanol–water partition coefficient (Wildman–Crippen LogP) is 4.74. The van der Waals surface area contributed by atoms with Crippen LogP contribution in [0.4, 0.5) is 5.69 Å². The van der Waals surface area contributed by atoms with Gasteiger partial charge in [0, 0.05) is 18.1 Å². The number of carbonyl (C=O) groups excluding carboxylic acids is 2. The molecule has 172 valence electrons. The van der Waals surface area contributed by atoms with Crippen LogP contribution in [0.2, 0.25) is 10.0 Å². The van der Waals surface area contributed by atoms with E-state index in [2.05, 4.69) is 5.32 Å². The summed E-state index contributed by atoms with van der Waals surface area (Å²) in [6, 6.07) is 10.2. The van der Waals surface area contributed by atoms with E-state index < -0.39 is 28.0 Å². The van der Waals surface area contributed by atoms with Crippen LogP contribution in [-0.2, 0) is 19.6 Å². The maximum Gasteiger partial charge on any atom is 0.338 e. The Labute approximate surface area is 197 Å². The lowest BCUT2D eigenvalue weighted by Crippen LogP contribution is -2.32. The van der Waals surface area contributed by atoms with Crippen LogP contribution in [0.25, 0.3) is 0 Å². The number of hydrogen-bond acceptors (Lipinski definition) is 5. The second kappa shape index (κ2) is 10.7. The van der Waals surface area contributed by atoms with Crippen LogP contribution < -0.4 is 5.32 Å². The minimum Gasteiger partial charge on any atom is -0.449 e. The van der Waals surface area contributed by atoms with E-state index in [0.29, 0.717) is 23.8 Å². The molecule has 0 aliphatic carbocycles. The molecular weight excluding hydrogens is 475 g/mol. The average Bonchev–Trinajstić information content (AvgIpc) is 3.06. The summed E-state index contributed by atoms with van der Waals surface area (Å²) in [7, 11) is -3.71. The summed E-state index contributed by atoms with van der Waals surface area (Å²) in [5, 5.41) is 3.23. The molecule has 1 heterocycles. The Morgan fingerprint density at radius 2 is 1.72 bits per heavy atom. The van der Waals surface area contributed by atoms with Crippen molar-refractivity contribution in [1.29, 1.82) is 0 Å². The van der Waals surface area contributed by atoms with Gasteiger partial charge in [0.25, 0.3) is 5.91 Å². The first-order valence-electron chi connectivity index (χ1n) is 10.3. The van der Waals surface area contributed by atoms with Gasteiger partial charge in [-0.05, 0) is 56.2 Å². The van der Waals surface area contributed by atoms with Gasteiger partial charge in [0.05, 0.1) is 21.2 Å². The molecule has 1 aliphatic heterocycles. The lowest BCUT2D eigenvalue weighted by Gasteiger charge is -2.20. The zero-order valence-corrected chi connectivity index (χ0v) is 19.8. The highest BCUT2D eigenvalue weighted by Crippen LogP contribution is 2.26. The van der Waals surface area contributed by atoms with Gasteiger partial charge in [-0.3, -0.25) is 4.79 Å². The standard InChI is InChI=1S/C22H24Cl2N2O5S/c1-15(21(27)25-20-10-9-17(23)14-19(20)24)31-22(28)16-7-6-8-18(13-16)32(29,30)26-11-4-2-3-5-12-26/h6-10,13-15H,2-5,11-12H2,1H3,(H,25,27). The molecule has 0 saturated carbocycles. The van der Waals surface area contributed by atoms with E-state index in [9.17, 15) is 18.0 Å². The molecule has 0 bridgehead atoms. The molecule has 0 spiro atoms. The zero-order valence-electron chi connectivity index (χ0n) is 17.5. The van der Waals surface area contributed by atoms with Crippen LogP contribution >= 0.6 is 23.2 Å². The summed E-state index contributed by atoms with van der Waals surface area (Å²) in [6.45, 7) is 2.33. The molecule has 7 nitrogen and oxygen atoms in total. The third kappa shape index (κ3) is 6.01. The van der Waals surface area contributed by atoms with Crippen LogP contribution in [-0.4, -0.2) is 43.8 Å². The molecule has 1 amide bonds. The molecule has 1 unspecified atom stereocenters. The minimum absolute atomic E-state index is 0.0268.